The lowest BCUT2D eigenvalue weighted by Crippen LogP contribution is -2.22. The first kappa shape index (κ1) is 16.0. The molecule has 0 aliphatic carbocycles. The van der Waals surface area contributed by atoms with Gasteiger partial charge in [0.1, 0.15) is 5.56 Å². The van der Waals surface area contributed by atoms with Crippen molar-refractivity contribution in [3.05, 3.63) is 23.0 Å². The van der Waals surface area contributed by atoms with E-state index in [0.29, 0.717) is 0 Å². The summed E-state index contributed by atoms with van der Waals surface area (Å²) in [5, 5.41) is 8.81. The van der Waals surface area contributed by atoms with Crippen molar-refractivity contribution < 1.29 is 36.2 Å². The van der Waals surface area contributed by atoms with Crippen LogP contribution in [0.25, 0.3) is 0 Å². The number of alkyl halides is 7. The van der Waals surface area contributed by atoms with Crippen molar-refractivity contribution in [1.82, 2.24) is 4.98 Å². The molecule has 0 amide bonds. The van der Waals surface area contributed by atoms with Crippen molar-refractivity contribution in [2.45, 2.75) is 24.5 Å². The second-order valence-electron chi connectivity index (χ2n) is 3.26. The van der Waals surface area contributed by atoms with Crippen molar-refractivity contribution in [2.75, 3.05) is 0 Å². The molecule has 1 aromatic rings. The van der Waals surface area contributed by atoms with Crippen LogP contribution < -0.4 is 4.74 Å². The molecule has 0 aliphatic heterocycles. The minimum atomic E-state index is -5.31. The average Bonchev–Trinajstić information content (AvgIpc) is 2.24. The molecule has 0 aliphatic rings. The van der Waals surface area contributed by atoms with Crippen molar-refractivity contribution in [1.29, 1.82) is 0 Å². The molecule has 1 N–H and O–H groups in total. The van der Waals surface area contributed by atoms with E-state index in [2.05, 4.69) is 25.7 Å². The Kier molecular flexibility index (Phi) is 4.67. The van der Waals surface area contributed by atoms with Crippen molar-refractivity contribution in [3.63, 3.8) is 0 Å². The maximum atomic E-state index is 12.6. The van der Waals surface area contributed by atoms with Crippen LogP contribution in [-0.2, 0) is 18.1 Å². The highest BCUT2D eigenvalue weighted by Crippen LogP contribution is 2.41. The Labute approximate surface area is 111 Å². The molecule has 0 unspecified atom stereocenters. The van der Waals surface area contributed by atoms with Gasteiger partial charge in [0.2, 0.25) is 0 Å². The maximum absolute atomic E-state index is 12.6. The Morgan fingerprint density at radius 1 is 1.21 bits per heavy atom. The quantitative estimate of drug-likeness (QED) is 0.669. The van der Waals surface area contributed by atoms with Gasteiger partial charge in [-0.1, -0.05) is 15.9 Å². The highest BCUT2D eigenvalue weighted by atomic mass is 79.9. The third-order valence-electron chi connectivity index (χ3n) is 2.02. The average molecular weight is 354 g/mol. The van der Waals surface area contributed by atoms with E-state index in [-0.39, 0.29) is 17.2 Å². The lowest BCUT2D eigenvalue weighted by molar-refractivity contribution is -0.276. The van der Waals surface area contributed by atoms with E-state index in [1.54, 1.807) is 0 Å². The van der Waals surface area contributed by atoms with Crippen LogP contribution in [0.3, 0.4) is 0 Å². The summed E-state index contributed by atoms with van der Waals surface area (Å²) in [5.74, 6) is -1.48. The fourth-order valence-corrected chi connectivity index (χ4v) is 1.77. The van der Waals surface area contributed by atoms with Crippen LogP contribution in [0.5, 0.6) is 5.75 Å². The number of rotatable bonds is 3. The second kappa shape index (κ2) is 5.53. The van der Waals surface area contributed by atoms with Crippen LogP contribution in [0, 0.1) is 0 Å². The van der Waals surface area contributed by atoms with Crippen molar-refractivity contribution >= 4 is 15.9 Å². The number of halogens is 7. The summed E-state index contributed by atoms with van der Waals surface area (Å²) in [5.41, 5.74) is -2.53. The van der Waals surface area contributed by atoms with Gasteiger partial charge in [-0.2, -0.15) is 13.2 Å². The van der Waals surface area contributed by atoms with E-state index in [1.807, 2.05) is 0 Å². The first-order valence-electron chi connectivity index (χ1n) is 4.60. The summed E-state index contributed by atoms with van der Waals surface area (Å²) >= 11 is 2.85. The highest BCUT2D eigenvalue weighted by Gasteiger charge is 2.41. The molecule has 0 aromatic carbocycles. The molecule has 0 atom stereocenters. The van der Waals surface area contributed by atoms with Gasteiger partial charge in [-0.3, -0.25) is 4.98 Å². The minimum absolute atomic E-state index is 0.130. The zero-order valence-corrected chi connectivity index (χ0v) is 10.5. The maximum Gasteiger partial charge on any atom is 0.573 e. The molecule has 10 heteroatoms. The van der Waals surface area contributed by atoms with Crippen LogP contribution >= 0.6 is 15.9 Å². The Balaban J connectivity index is 3.49. The second-order valence-corrected chi connectivity index (χ2v) is 3.82. The zero-order valence-electron chi connectivity index (χ0n) is 8.94. The summed E-state index contributed by atoms with van der Waals surface area (Å²) < 4.78 is 77.6. The van der Waals surface area contributed by atoms with Crippen LogP contribution in [0.2, 0.25) is 0 Å². The number of nitrogens with zero attached hydrogens (tertiary/aromatic N) is 1. The molecular weight excluding hydrogens is 348 g/mol. The van der Waals surface area contributed by atoms with E-state index in [4.69, 9.17) is 5.11 Å². The largest absolute Gasteiger partial charge is 0.573 e. The molecule has 1 heterocycles. The van der Waals surface area contributed by atoms with Crippen LogP contribution in [0.4, 0.5) is 26.3 Å². The first-order valence-corrected chi connectivity index (χ1v) is 5.72. The lowest BCUT2D eigenvalue weighted by atomic mass is 10.1. The standard InChI is InChI=1S/C9H6BrF6NO2/c10-1-6-4(3-18)7(19-9(14,15)16)5(2-17-6)8(11,12)13/h2,18H,1,3H2. The molecule has 0 bridgehead atoms. The topological polar surface area (TPSA) is 42.4 Å². The summed E-state index contributed by atoms with van der Waals surface area (Å²) in [6.07, 6.45) is -10.2. The van der Waals surface area contributed by atoms with Crippen molar-refractivity contribution in [2.24, 2.45) is 0 Å². The molecule has 0 fully saturated rings. The van der Waals surface area contributed by atoms with E-state index in [1.165, 1.54) is 0 Å². The molecule has 0 radical (unpaired) electrons. The molecular formula is C9H6BrF6NO2. The van der Waals surface area contributed by atoms with Crippen LogP contribution in [0.15, 0.2) is 6.20 Å². The summed E-state index contributed by atoms with van der Waals surface area (Å²) in [7, 11) is 0. The number of aromatic nitrogens is 1. The third kappa shape index (κ3) is 3.96. The third-order valence-corrected chi connectivity index (χ3v) is 2.56. The molecule has 0 spiro atoms. The number of hydrogen-bond acceptors (Lipinski definition) is 3. The molecule has 0 saturated heterocycles. The summed E-state index contributed by atoms with van der Waals surface area (Å²) in [6.45, 7) is -1.07. The van der Waals surface area contributed by atoms with Gasteiger partial charge in [0, 0.05) is 17.1 Å². The van der Waals surface area contributed by atoms with E-state index in [9.17, 15) is 26.3 Å². The van der Waals surface area contributed by atoms with Gasteiger partial charge in [0.15, 0.2) is 5.75 Å². The van der Waals surface area contributed by atoms with Gasteiger partial charge in [0.05, 0.1) is 12.3 Å². The predicted molar refractivity (Wildman–Crippen MR) is 54.5 cm³/mol. The van der Waals surface area contributed by atoms with Gasteiger partial charge in [-0.25, -0.2) is 0 Å². The van der Waals surface area contributed by atoms with Gasteiger partial charge in [-0.15, -0.1) is 13.2 Å². The van der Waals surface area contributed by atoms with E-state index < -0.39 is 36.0 Å². The van der Waals surface area contributed by atoms with E-state index >= 15 is 0 Å². The number of aliphatic hydroxyl groups excluding tert-OH is 1. The first-order chi connectivity index (χ1) is 8.60. The van der Waals surface area contributed by atoms with Gasteiger partial charge in [0.25, 0.3) is 0 Å². The Morgan fingerprint density at radius 2 is 1.79 bits per heavy atom. The normalized spacial score (nSPS) is 12.6. The summed E-state index contributed by atoms with van der Waals surface area (Å²) in [6, 6.07) is 0. The molecule has 19 heavy (non-hydrogen) atoms. The van der Waals surface area contributed by atoms with Gasteiger partial charge in [-0.05, 0) is 0 Å². The molecule has 1 aromatic heterocycles. The molecule has 108 valence electrons. The fourth-order valence-electron chi connectivity index (χ4n) is 1.29. The number of ether oxygens (including phenoxy) is 1. The van der Waals surface area contributed by atoms with E-state index in [0.717, 1.165) is 0 Å². The summed E-state index contributed by atoms with van der Waals surface area (Å²) in [4.78, 5) is 3.35. The van der Waals surface area contributed by atoms with Crippen LogP contribution in [0.1, 0.15) is 16.8 Å². The molecule has 1 rings (SSSR count). The Hall–Kier alpha value is -1.03. The Bertz CT molecular complexity index is 459. The molecule has 0 saturated carbocycles. The number of hydrogen-bond donors (Lipinski definition) is 1. The zero-order chi connectivity index (χ0) is 14.8. The monoisotopic (exact) mass is 353 g/mol. The smallest absolute Gasteiger partial charge is 0.405 e. The fraction of sp³-hybridized carbons (Fsp3) is 0.444. The van der Waals surface area contributed by atoms with Gasteiger partial charge < -0.3 is 9.84 Å². The lowest BCUT2D eigenvalue weighted by Gasteiger charge is -2.19. The number of aliphatic hydroxyl groups is 1. The van der Waals surface area contributed by atoms with Gasteiger partial charge >= 0.3 is 12.5 Å². The van der Waals surface area contributed by atoms with Crippen LogP contribution in [-0.4, -0.2) is 16.5 Å². The predicted octanol–water partition coefficient (Wildman–Crippen LogP) is 3.39. The SMILES string of the molecule is OCc1c(CBr)ncc(C(F)(F)F)c1OC(F)(F)F. The number of pyridine rings is 1. The van der Waals surface area contributed by atoms with Crippen molar-refractivity contribution in [3.8, 4) is 5.75 Å². The minimum Gasteiger partial charge on any atom is -0.405 e. The molecule has 3 nitrogen and oxygen atoms in total. The Morgan fingerprint density at radius 3 is 2.16 bits per heavy atom. The highest BCUT2D eigenvalue weighted by molar-refractivity contribution is 9.08.